The van der Waals surface area contributed by atoms with Crippen LogP contribution in [-0.2, 0) is 16.6 Å². The normalized spacial score (nSPS) is 11.6. The van der Waals surface area contributed by atoms with Crippen molar-refractivity contribution in [3.63, 3.8) is 0 Å². The van der Waals surface area contributed by atoms with E-state index in [2.05, 4.69) is 0 Å². The summed E-state index contributed by atoms with van der Waals surface area (Å²) in [5.41, 5.74) is 1.82. The zero-order valence-electron chi connectivity index (χ0n) is 11.0. The van der Waals surface area contributed by atoms with E-state index < -0.39 is 9.76 Å². The molecule has 0 spiro atoms. The zero-order valence-corrected chi connectivity index (χ0v) is 13.3. The van der Waals surface area contributed by atoms with Crippen LogP contribution >= 0.6 is 34.8 Å². The fraction of sp³-hybridized carbons (Fsp3) is 0.267. The van der Waals surface area contributed by atoms with Gasteiger partial charge in [-0.3, -0.25) is 0 Å². The molecule has 1 heterocycles. The number of carboxylic acid groups (broad SMARTS) is 1. The quantitative estimate of drug-likeness (QED) is 0.776. The summed E-state index contributed by atoms with van der Waals surface area (Å²) in [5.74, 6) is -1.32. The number of carbonyl (C=O) groups is 1. The van der Waals surface area contributed by atoms with Crippen LogP contribution in [0, 0.1) is 0 Å². The van der Waals surface area contributed by atoms with E-state index in [0.29, 0.717) is 12.0 Å². The van der Waals surface area contributed by atoms with Crippen LogP contribution in [-0.4, -0.2) is 11.1 Å². The van der Waals surface area contributed by atoms with Gasteiger partial charge < -0.3 is 9.52 Å². The van der Waals surface area contributed by atoms with Gasteiger partial charge in [0, 0.05) is 0 Å². The van der Waals surface area contributed by atoms with E-state index in [1.165, 1.54) is 11.6 Å². The number of halogens is 3. The minimum absolute atomic E-state index is 0.0814. The largest absolute Gasteiger partial charge is 0.475 e. The van der Waals surface area contributed by atoms with Gasteiger partial charge in [0.15, 0.2) is 5.76 Å². The number of rotatable bonds is 5. The standard InChI is InChI=1S/C15H13Cl3O3/c16-15(17,18)13-11(9-12(21-13)14(19)20)8-4-7-10-5-2-1-3-6-10/h1-3,5-6,9H,4,7-8H2,(H,19,20). The molecule has 0 aliphatic carbocycles. The summed E-state index contributed by atoms with van der Waals surface area (Å²) in [4.78, 5) is 11.0. The lowest BCUT2D eigenvalue weighted by Crippen LogP contribution is -2.02. The van der Waals surface area contributed by atoms with Crippen LogP contribution in [0.5, 0.6) is 0 Å². The second kappa shape index (κ2) is 6.73. The van der Waals surface area contributed by atoms with Crippen molar-refractivity contribution in [2.45, 2.75) is 23.1 Å². The van der Waals surface area contributed by atoms with Crippen molar-refractivity contribution in [2.75, 3.05) is 0 Å². The number of furan rings is 1. The topological polar surface area (TPSA) is 50.4 Å². The molecule has 0 radical (unpaired) electrons. The monoisotopic (exact) mass is 346 g/mol. The number of aryl methyl sites for hydroxylation is 2. The lowest BCUT2D eigenvalue weighted by atomic mass is 10.0. The third kappa shape index (κ3) is 4.40. The summed E-state index contributed by atoms with van der Waals surface area (Å²) >= 11 is 17.5. The molecular weight excluding hydrogens is 335 g/mol. The Morgan fingerprint density at radius 2 is 1.81 bits per heavy atom. The first kappa shape index (κ1) is 16.2. The summed E-state index contributed by atoms with van der Waals surface area (Å²) in [6.45, 7) is 0. The van der Waals surface area contributed by atoms with Crippen LogP contribution < -0.4 is 0 Å². The first-order valence-electron chi connectivity index (χ1n) is 6.35. The first-order valence-corrected chi connectivity index (χ1v) is 7.48. The fourth-order valence-electron chi connectivity index (χ4n) is 2.09. The Bertz CT molecular complexity index is 615. The number of aromatic carboxylic acids is 1. The zero-order chi connectivity index (χ0) is 15.5. The average Bonchev–Trinajstić information content (AvgIpc) is 2.84. The van der Waals surface area contributed by atoms with Gasteiger partial charge in [0.05, 0.1) is 0 Å². The van der Waals surface area contributed by atoms with Crippen molar-refractivity contribution < 1.29 is 14.3 Å². The predicted molar refractivity (Wildman–Crippen MR) is 83.4 cm³/mol. The molecule has 0 aliphatic heterocycles. The van der Waals surface area contributed by atoms with Crippen LogP contribution in [0.3, 0.4) is 0 Å². The highest BCUT2D eigenvalue weighted by Crippen LogP contribution is 2.41. The Kier molecular flexibility index (Phi) is 5.20. The fourth-order valence-corrected chi connectivity index (χ4v) is 2.57. The molecule has 1 aromatic heterocycles. The summed E-state index contributed by atoms with van der Waals surface area (Å²) in [5, 5.41) is 8.97. The number of alkyl halides is 3. The third-order valence-electron chi connectivity index (χ3n) is 3.03. The predicted octanol–water partition coefficient (Wildman–Crippen LogP) is 4.98. The third-order valence-corrected chi connectivity index (χ3v) is 3.55. The SMILES string of the molecule is O=C(O)c1cc(CCCc2ccccc2)c(C(Cl)(Cl)Cl)o1. The second-order valence-corrected chi connectivity index (χ2v) is 6.89. The summed E-state index contributed by atoms with van der Waals surface area (Å²) in [6.07, 6.45) is 2.24. The Morgan fingerprint density at radius 3 is 2.38 bits per heavy atom. The minimum Gasteiger partial charge on any atom is -0.475 e. The van der Waals surface area contributed by atoms with Crippen LogP contribution in [0.25, 0.3) is 0 Å². The van der Waals surface area contributed by atoms with Gasteiger partial charge in [0.25, 0.3) is 0 Å². The summed E-state index contributed by atoms with van der Waals surface area (Å²) in [6, 6.07) is 11.4. The number of benzene rings is 1. The molecule has 2 rings (SSSR count). The maximum atomic E-state index is 11.0. The smallest absolute Gasteiger partial charge is 0.371 e. The van der Waals surface area contributed by atoms with E-state index >= 15 is 0 Å². The van der Waals surface area contributed by atoms with Crippen molar-refractivity contribution >= 4 is 40.8 Å². The number of carboxylic acids is 1. The van der Waals surface area contributed by atoms with E-state index in [-0.39, 0.29) is 11.5 Å². The maximum Gasteiger partial charge on any atom is 0.371 e. The summed E-state index contributed by atoms with van der Waals surface area (Å²) < 4.78 is 3.38. The van der Waals surface area contributed by atoms with Crippen molar-refractivity contribution in [2.24, 2.45) is 0 Å². The van der Waals surface area contributed by atoms with E-state index in [1.54, 1.807) is 0 Å². The highest BCUT2D eigenvalue weighted by molar-refractivity contribution is 6.66. The Hall–Kier alpha value is -1.16. The average molecular weight is 348 g/mol. The molecule has 0 bridgehead atoms. The molecular formula is C15H13Cl3O3. The Balaban J connectivity index is 2.10. The van der Waals surface area contributed by atoms with Crippen molar-refractivity contribution in [3.05, 3.63) is 59.0 Å². The lowest BCUT2D eigenvalue weighted by Gasteiger charge is -2.10. The van der Waals surface area contributed by atoms with Crippen LogP contribution in [0.1, 0.15) is 33.9 Å². The molecule has 0 saturated heterocycles. The molecule has 21 heavy (non-hydrogen) atoms. The Labute approximate surface area is 137 Å². The first-order chi connectivity index (χ1) is 9.88. The molecule has 0 amide bonds. The van der Waals surface area contributed by atoms with Gasteiger partial charge in [-0.05, 0) is 36.5 Å². The van der Waals surface area contributed by atoms with Gasteiger partial charge >= 0.3 is 5.97 Å². The van der Waals surface area contributed by atoms with Crippen LogP contribution in [0.4, 0.5) is 0 Å². The van der Waals surface area contributed by atoms with Crippen LogP contribution in [0.2, 0.25) is 0 Å². The molecule has 6 heteroatoms. The molecule has 1 aromatic carbocycles. The molecule has 0 aliphatic rings. The van der Waals surface area contributed by atoms with Gasteiger partial charge in [-0.25, -0.2) is 4.79 Å². The molecule has 1 N–H and O–H groups in total. The van der Waals surface area contributed by atoms with Gasteiger partial charge in [0.2, 0.25) is 9.55 Å². The molecule has 0 unspecified atom stereocenters. The van der Waals surface area contributed by atoms with Gasteiger partial charge in [-0.15, -0.1) is 0 Å². The number of hydrogen-bond acceptors (Lipinski definition) is 2. The van der Waals surface area contributed by atoms with Crippen LogP contribution in [0.15, 0.2) is 40.8 Å². The summed E-state index contributed by atoms with van der Waals surface area (Å²) in [7, 11) is 0. The highest BCUT2D eigenvalue weighted by Gasteiger charge is 2.32. The number of hydrogen-bond donors (Lipinski definition) is 1. The van der Waals surface area contributed by atoms with Crippen molar-refractivity contribution in [3.8, 4) is 0 Å². The lowest BCUT2D eigenvalue weighted by molar-refractivity contribution is 0.0660. The maximum absolute atomic E-state index is 11.0. The van der Waals surface area contributed by atoms with E-state index in [4.69, 9.17) is 44.3 Å². The van der Waals surface area contributed by atoms with Crippen molar-refractivity contribution in [1.29, 1.82) is 0 Å². The Morgan fingerprint density at radius 1 is 1.14 bits per heavy atom. The minimum atomic E-state index is -1.77. The van der Waals surface area contributed by atoms with E-state index in [0.717, 1.165) is 12.8 Å². The van der Waals surface area contributed by atoms with E-state index in [1.807, 2.05) is 30.3 Å². The highest BCUT2D eigenvalue weighted by atomic mass is 35.6. The molecule has 0 atom stereocenters. The van der Waals surface area contributed by atoms with Crippen molar-refractivity contribution in [1.82, 2.24) is 0 Å². The van der Waals surface area contributed by atoms with E-state index in [9.17, 15) is 4.79 Å². The van der Waals surface area contributed by atoms with Gasteiger partial charge in [0.1, 0.15) is 0 Å². The van der Waals surface area contributed by atoms with Gasteiger partial charge in [-0.1, -0.05) is 65.1 Å². The molecule has 0 fully saturated rings. The molecule has 0 saturated carbocycles. The van der Waals surface area contributed by atoms with Gasteiger partial charge in [-0.2, -0.15) is 0 Å². The molecule has 112 valence electrons. The molecule has 3 nitrogen and oxygen atoms in total. The molecule has 2 aromatic rings. The second-order valence-electron chi connectivity index (χ2n) is 4.61.